The third kappa shape index (κ3) is 11.5. The van der Waals surface area contributed by atoms with Crippen molar-refractivity contribution in [2.45, 2.75) is 110 Å². The summed E-state index contributed by atoms with van der Waals surface area (Å²) in [5.74, 6) is -3.68. The molecule has 0 aliphatic carbocycles. The summed E-state index contributed by atoms with van der Waals surface area (Å²) in [6, 6.07) is -4.69. The molecule has 1 heterocycles. The Labute approximate surface area is 249 Å². The number of nitrogens with two attached hydrogens (primary N) is 3. The lowest BCUT2D eigenvalue weighted by Crippen LogP contribution is -2.59. The maximum Gasteiger partial charge on any atom is 0.326 e. The Kier molecular flexibility index (Phi) is 15.3. The van der Waals surface area contributed by atoms with Crippen LogP contribution in [0.4, 0.5) is 0 Å². The van der Waals surface area contributed by atoms with Crippen molar-refractivity contribution in [2.24, 2.45) is 39.9 Å². The number of nitrogens with zero attached hydrogens (tertiary/aromatic N) is 2. The lowest BCUT2D eigenvalue weighted by atomic mass is 9.96. The van der Waals surface area contributed by atoms with Gasteiger partial charge in [0.25, 0.3) is 0 Å². The Balaban J connectivity index is 3.05. The van der Waals surface area contributed by atoms with E-state index >= 15 is 0 Å². The third-order valence-electron chi connectivity index (χ3n) is 7.54. The van der Waals surface area contributed by atoms with Crippen LogP contribution < -0.4 is 33.2 Å². The van der Waals surface area contributed by atoms with Crippen LogP contribution in [0.3, 0.4) is 0 Å². The van der Waals surface area contributed by atoms with E-state index in [0.717, 1.165) is 0 Å². The monoisotopic (exact) mass is 596 g/mol. The lowest BCUT2D eigenvalue weighted by molar-refractivity contribution is -0.142. The Morgan fingerprint density at radius 2 is 1.60 bits per heavy atom. The molecule has 0 unspecified atom stereocenters. The molecule has 1 saturated heterocycles. The zero-order chi connectivity index (χ0) is 32.1. The van der Waals surface area contributed by atoms with Crippen molar-refractivity contribution in [3.63, 3.8) is 0 Å². The highest BCUT2D eigenvalue weighted by molar-refractivity contribution is 5.95. The Hall–Kier alpha value is -3.42. The lowest BCUT2D eigenvalue weighted by Gasteiger charge is -2.31. The van der Waals surface area contributed by atoms with Gasteiger partial charge in [0.15, 0.2) is 5.96 Å². The van der Waals surface area contributed by atoms with Crippen molar-refractivity contribution in [1.82, 2.24) is 20.9 Å². The number of aliphatic imine (C=N–C) groups is 1. The van der Waals surface area contributed by atoms with Crippen molar-refractivity contribution >= 4 is 35.6 Å². The van der Waals surface area contributed by atoms with Gasteiger partial charge in [-0.25, -0.2) is 4.79 Å². The van der Waals surface area contributed by atoms with E-state index in [1.165, 1.54) is 4.90 Å². The molecule has 0 aromatic carbocycles. The summed E-state index contributed by atoms with van der Waals surface area (Å²) in [5.41, 5.74) is 16.7. The first kappa shape index (κ1) is 36.6. The summed E-state index contributed by atoms with van der Waals surface area (Å²) in [7, 11) is 0. The summed E-state index contributed by atoms with van der Waals surface area (Å²) in [5, 5.41) is 17.7. The van der Waals surface area contributed by atoms with E-state index in [4.69, 9.17) is 17.2 Å². The van der Waals surface area contributed by atoms with Crippen LogP contribution in [0.2, 0.25) is 0 Å². The van der Waals surface area contributed by atoms with Gasteiger partial charge in [-0.1, -0.05) is 48.0 Å². The van der Waals surface area contributed by atoms with Gasteiger partial charge in [-0.2, -0.15) is 0 Å². The van der Waals surface area contributed by atoms with Crippen molar-refractivity contribution in [3.8, 4) is 0 Å². The molecule has 10 N–H and O–H groups in total. The second kappa shape index (κ2) is 17.5. The van der Waals surface area contributed by atoms with E-state index in [9.17, 15) is 29.1 Å². The normalized spacial score (nSPS) is 18.5. The first-order valence-electron chi connectivity index (χ1n) is 14.9. The van der Waals surface area contributed by atoms with Gasteiger partial charge in [-0.3, -0.25) is 24.2 Å². The zero-order valence-electron chi connectivity index (χ0n) is 25.9. The highest BCUT2D eigenvalue weighted by Gasteiger charge is 2.39. The van der Waals surface area contributed by atoms with E-state index in [0.29, 0.717) is 32.2 Å². The average molecular weight is 597 g/mol. The van der Waals surface area contributed by atoms with Gasteiger partial charge in [-0.05, 0) is 49.9 Å². The Morgan fingerprint density at radius 3 is 2.12 bits per heavy atom. The number of amides is 4. The molecule has 6 atom stereocenters. The summed E-state index contributed by atoms with van der Waals surface area (Å²) in [4.78, 5) is 70.1. The third-order valence-corrected chi connectivity index (χ3v) is 7.54. The van der Waals surface area contributed by atoms with Crippen LogP contribution in [0.15, 0.2) is 4.99 Å². The maximum atomic E-state index is 13.5. The smallest absolute Gasteiger partial charge is 0.326 e. The summed E-state index contributed by atoms with van der Waals surface area (Å²) in [6.07, 6.45) is 2.31. The molecule has 0 aromatic heterocycles. The van der Waals surface area contributed by atoms with Crippen LogP contribution in [-0.4, -0.2) is 88.9 Å². The number of carboxylic acids is 1. The van der Waals surface area contributed by atoms with Gasteiger partial charge in [0, 0.05) is 13.1 Å². The first-order valence-corrected chi connectivity index (χ1v) is 14.9. The highest BCUT2D eigenvalue weighted by atomic mass is 16.4. The molecule has 0 spiro atoms. The second-order valence-electron chi connectivity index (χ2n) is 11.9. The average Bonchev–Trinajstić information content (AvgIpc) is 3.41. The highest BCUT2D eigenvalue weighted by Crippen LogP contribution is 2.21. The molecule has 14 nitrogen and oxygen atoms in total. The number of carbonyl (C=O) groups is 5. The molecular formula is C28H52N8O6. The van der Waals surface area contributed by atoms with E-state index in [-0.39, 0.29) is 49.0 Å². The molecule has 1 rings (SSSR count). The molecule has 0 bridgehead atoms. The van der Waals surface area contributed by atoms with Gasteiger partial charge in [0.1, 0.15) is 24.2 Å². The number of likely N-dealkylation sites (tertiary alicyclic amines) is 1. The van der Waals surface area contributed by atoms with Crippen molar-refractivity contribution in [2.75, 3.05) is 13.1 Å². The van der Waals surface area contributed by atoms with E-state index in [2.05, 4.69) is 20.9 Å². The second-order valence-corrected chi connectivity index (χ2v) is 11.9. The fourth-order valence-corrected chi connectivity index (χ4v) is 4.73. The molecule has 1 aliphatic heterocycles. The zero-order valence-corrected chi connectivity index (χ0v) is 25.9. The number of nitrogens with one attached hydrogen (secondary N) is 3. The van der Waals surface area contributed by atoms with E-state index in [1.54, 1.807) is 0 Å². The summed E-state index contributed by atoms with van der Waals surface area (Å²) >= 11 is 0. The van der Waals surface area contributed by atoms with Gasteiger partial charge in [0.05, 0.1) is 6.04 Å². The number of carbonyl (C=O) groups excluding carboxylic acids is 4. The quantitative estimate of drug-likeness (QED) is 0.0659. The first-order chi connectivity index (χ1) is 19.6. The van der Waals surface area contributed by atoms with Gasteiger partial charge < -0.3 is 43.2 Å². The molecule has 0 radical (unpaired) electrons. The predicted octanol–water partition coefficient (Wildman–Crippen LogP) is -0.354. The van der Waals surface area contributed by atoms with Crippen LogP contribution in [0.1, 0.15) is 80.1 Å². The van der Waals surface area contributed by atoms with Gasteiger partial charge in [-0.15, -0.1) is 0 Å². The van der Waals surface area contributed by atoms with Gasteiger partial charge >= 0.3 is 5.97 Å². The minimum Gasteiger partial charge on any atom is -0.480 e. The fourth-order valence-electron chi connectivity index (χ4n) is 4.73. The molecule has 1 aliphatic rings. The molecule has 0 saturated carbocycles. The summed E-state index contributed by atoms with van der Waals surface area (Å²) in [6.45, 7) is 11.7. The van der Waals surface area contributed by atoms with Crippen molar-refractivity contribution in [1.29, 1.82) is 0 Å². The number of rotatable bonds is 17. The molecule has 0 aromatic rings. The van der Waals surface area contributed by atoms with Crippen molar-refractivity contribution in [3.05, 3.63) is 0 Å². The van der Waals surface area contributed by atoms with Crippen LogP contribution in [0, 0.1) is 17.8 Å². The molecule has 240 valence electrons. The molecule has 42 heavy (non-hydrogen) atoms. The number of hydrogen-bond acceptors (Lipinski definition) is 7. The van der Waals surface area contributed by atoms with Gasteiger partial charge in [0.2, 0.25) is 23.6 Å². The van der Waals surface area contributed by atoms with E-state index < -0.39 is 53.9 Å². The van der Waals surface area contributed by atoms with Crippen LogP contribution in [-0.2, 0) is 24.0 Å². The van der Waals surface area contributed by atoms with Crippen LogP contribution in [0.5, 0.6) is 0 Å². The Morgan fingerprint density at radius 1 is 0.976 bits per heavy atom. The minimum atomic E-state index is -1.22. The topological polar surface area (TPSA) is 235 Å². The molecule has 14 heteroatoms. The summed E-state index contributed by atoms with van der Waals surface area (Å²) < 4.78 is 0. The number of guanidine groups is 1. The minimum absolute atomic E-state index is 0.00828. The predicted molar refractivity (Wildman–Crippen MR) is 160 cm³/mol. The van der Waals surface area contributed by atoms with Crippen LogP contribution in [0.25, 0.3) is 0 Å². The van der Waals surface area contributed by atoms with Crippen LogP contribution >= 0.6 is 0 Å². The maximum absolute atomic E-state index is 13.5. The standard InChI is InChI=1S/C28H52N8O6/c1-7-17(6)22(35-24(38)20-11-9-13-36(20)26(40)21(29)16(4)5)25(39)34-19(14-15(2)3)23(37)33-18(27(41)42)10-8-12-32-28(30)31/h15-22H,7-14,29H2,1-6H3,(H,33,37)(H,34,39)(H,35,38)(H,41,42)(H4,30,31,32)/t17-,18-,19-,20-,21-,22-/m0/s1. The van der Waals surface area contributed by atoms with E-state index in [1.807, 2.05) is 41.5 Å². The number of carboxylic acid groups (broad SMARTS) is 1. The number of aliphatic carboxylic acids is 1. The van der Waals surface area contributed by atoms with Crippen molar-refractivity contribution < 1.29 is 29.1 Å². The Bertz CT molecular complexity index is 968. The number of hydrogen-bond donors (Lipinski definition) is 7. The largest absolute Gasteiger partial charge is 0.480 e. The molecule has 4 amide bonds. The fraction of sp³-hybridized carbons (Fsp3) is 0.786. The molecular weight excluding hydrogens is 544 g/mol. The SMILES string of the molecule is CC[C@H](C)[C@H](NC(=O)[C@@H]1CCCN1C(=O)[C@@H](N)C(C)C)C(=O)N[C@@H](CC(C)C)C(=O)N[C@@H](CCCN=C(N)N)C(=O)O. The molecule has 1 fully saturated rings.